The van der Waals surface area contributed by atoms with Crippen LogP contribution in [0.15, 0.2) is 30.3 Å². The van der Waals surface area contributed by atoms with Crippen LogP contribution in [0.5, 0.6) is 5.75 Å². The number of methoxy groups -OCH3 is 1. The molecule has 2 atom stereocenters. The molecule has 2 fully saturated rings. The van der Waals surface area contributed by atoms with E-state index in [9.17, 15) is 5.11 Å². The number of pyridine rings is 1. The van der Waals surface area contributed by atoms with Crippen LogP contribution in [0, 0.1) is 0 Å². The maximum Gasteiger partial charge on any atom is 0.226 e. The van der Waals surface area contributed by atoms with Gasteiger partial charge in [-0.1, -0.05) is 0 Å². The first-order valence-corrected chi connectivity index (χ1v) is 10.0. The first-order valence-electron chi connectivity index (χ1n) is 9.67. The Morgan fingerprint density at radius 3 is 2.66 bits per heavy atom. The summed E-state index contributed by atoms with van der Waals surface area (Å²) in [6, 6.07) is 9.55. The Balaban J connectivity index is 1.56. The predicted molar refractivity (Wildman–Crippen MR) is 110 cm³/mol. The van der Waals surface area contributed by atoms with Gasteiger partial charge in [0.1, 0.15) is 11.6 Å². The molecule has 5 rings (SSSR count). The summed E-state index contributed by atoms with van der Waals surface area (Å²) in [7, 11) is 1.58. The van der Waals surface area contributed by atoms with Crippen LogP contribution in [0.4, 0.5) is 5.82 Å². The van der Waals surface area contributed by atoms with Crippen molar-refractivity contribution in [2.45, 2.75) is 31.7 Å². The highest BCUT2D eigenvalue weighted by Crippen LogP contribution is 2.33. The van der Waals surface area contributed by atoms with E-state index in [-0.39, 0.29) is 24.1 Å². The predicted octanol–water partition coefficient (Wildman–Crippen LogP) is 3.21. The average Bonchev–Trinajstić information content (AvgIpc) is 3.09. The minimum absolute atomic E-state index is 0.109. The number of anilines is 1. The fourth-order valence-electron chi connectivity index (χ4n) is 4.22. The van der Waals surface area contributed by atoms with Gasteiger partial charge in [0, 0.05) is 24.2 Å². The third kappa shape index (κ3) is 3.39. The van der Waals surface area contributed by atoms with Gasteiger partial charge in [0.25, 0.3) is 0 Å². The molecule has 2 aliphatic heterocycles. The summed E-state index contributed by atoms with van der Waals surface area (Å²) in [4.78, 5) is 15.8. The lowest BCUT2D eigenvalue weighted by atomic mass is 10.1. The maximum absolute atomic E-state index is 9.60. The Bertz CT molecular complexity index is 1070. The summed E-state index contributed by atoms with van der Waals surface area (Å²) < 4.78 is 11.2. The third-order valence-corrected chi connectivity index (χ3v) is 5.77. The SMILES string of the molecule is COc1ccc(-c2ccc3c(N4CC5CCC(C4)O5)nc(Cl)nc3n2)cc1CO. The molecule has 3 aromatic rings. The van der Waals surface area contributed by atoms with Crippen molar-refractivity contribution in [1.29, 1.82) is 0 Å². The topological polar surface area (TPSA) is 80.6 Å². The number of aromatic nitrogens is 3. The van der Waals surface area contributed by atoms with Crippen LogP contribution in [0.25, 0.3) is 22.3 Å². The van der Waals surface area contributed by atoms with Crippen molar-refractivity contribution in [3.8, 4) is 17.0 Å². The van der Waals surface area contributed by atoms with Crippen LogP contribution >= 0.6 is 11.6 Å². The minimum Gasteiger partial charge on any atom is -0.496 e. The summed E-state index contributed by atoms with van der Waals surface area (Å²) in [5.74, 6) is 1.46. The molecule has 8 heteroatoms. The third-order valence-electron chi connectivity index (χ3n) is 5.60. The normalized spacial score (nSPS) is 21.0. The van der Waals surface area contributed by atoms with E-state index < -0.39 is 0 Å². The molecule has 2 bridgehead atoms. The first kappa shape index (κ1) is 18.5. The summed E-state index contributed by atoms with van der Waals surface area (Å²) in [6.45, 7) is 1.50. The van der Waals surface area contributed by atoms with E-state index in [1.54, 1.807) is 7.11 Å². The van der Waals surface area contributed by atoms with Crippen molar-refractivity contribution >= 4 is 28.5 Å². The Labute approximate surface area is 173 Å². The lowest BCUT2D eigenvalue weighted by Crippen LogP contribution is -2.43. The Kier molecular flexibility index (Phi) is 4.73. The molecular weight excluding hydrogens is 392 g/mol. The van der Waals surface area contributed by atoms with Crippen molar-refractivity contribution in [2.75, 3.05) is 25.1 Å². The van der Waals surface area contributed by atoms with E-state index in [2.05, 4.69) is 14.9 Å². The van der Waals surface area contributed by atoms with Gasteiger partial charge >= 0.3 is 0 Å². The molecular formula is C21H21ClN4O3. The zero-order valence-corrected chi connectivity index (χ0v) is 16.8. The number of aliphatic hydroxyl groups excluding tert-OH is 1. The van der Waals surface area contributed by atoms with Crippen molar-refractivity contribution in [3.63, 3.8) is 0 Å². The summed E-state index contributed by atoms with van der Waals surface area (Å²) in [6.07, 6.45) is 2.68. The molecule has 0 spiro atoms. The monoisotopic (exact) mass is 412 g/mol. The van der Waals surface area contributed by atoms with Gasteiger partial charge in [-0.3, -0.25) is 0 Å². The van der Waals surface area contributed by atoms with Crippen LogP contribution in [0.3, 0.4) is 0 Å². The number of halogens is 1. The van der Waals surface area contributed by atoms with E-state index in [0.717, 1.165) is 48.4 Å². The molecule has 2 aliphatic rings. The summed E-state index contributed by atoms with van der Waals surface area (Å²) >= 11 is 6.25. The number of morpholine rings is 1. The molecule has 0 radical (unpaired) electrons. The quantitative estimate of drug-likeness (QED) is 0.659. The van der Waals surface area contributed by atoms with Gasteiger partial charge in [-0.25, -0.2) is 4.98 Å². The lowest BCUT2D eigenvalue weighted by molar-refractivity contribution is 0.0303. The van der Waals surface area contributed by atoms with Gasteiger partial charge in [0.15, 0.2) is 5.65 Å². The largest absolute Gasteiger partial charge is 0.496 e. The molecule has 0 saturated carbocycles. The fourth-order valence-corrected chi connectivity index (χ4v) is 4.38. The highest BCUT2D eigenvalue weighted by Gasteiger charge is 2.35. The average molecular weight is 413 g/mol. The van der Waals surface area contributed by atoms with Gasteiger partial charge in [0.2, 0.25) is 5.28 Å². The first-order chi connectivity index (χ1) is 14.1. The van der Waals surface area contributed by atoms with Gasteiger partial charge in [-0.05, 0) is 54.8 Å². The fraction of sp³-hybridized carbons (Fsp3) is 0.381. The number of aliphatic hydroxyl groups is 1. The van der Waals surface area contributed by atoms with Crippen LogP contribution in [-0.2, 0) is 11.3 Å². The van der Waals surface area contributed by atoms with Crippen molar-refractivity contribution < 1.29 is 14.6 Å². The number of rotatable bonds is 4. The Hall–Kier alpha value is -2.48. The number of ether oxygens (including phenoxy) is 2. The molecule has 1 aromatic carbocycles. The zero-order valence-electron chi connectivity index (χ0n) is 16.0. The number of nitrogens with zero attached hydrogens (tertiary/aromatic N) is 4. The molecule has 2 saturated heterocycles. The smallest absolute Gasteiger partial charge is 0.226 e. The second kappa shape index (κ2) is 7.40. The van der Waals surface area contributed by atoms with Crippen LogP contribution in [0.2, 0.25) is 5.28 Å². The molecule has 4 heterocycles. The van der Waals surface area contributed by atoms with Crippen molar-refractivity contribution in [2.24, 2.45) is 0 Å². The summed E-state index contributed by atoms with van der Waals surface area (Å²) in [5.41, 5.74) is 2.88. The number of fused-ring (bicyclic) bond motifs is 3. The second-order valence-corrected chi connectivity index (χ2v) is 7.77. The highest BCUT2D eigenvalue weighted by molar-refractivity contribution is 6.28. The number of hydrogen-bond donors (Lipinski definition) is 1. The van der Waals surface area contributed by atoms with Crippen molar-refractivity contribution in [1.82, 2.24) is 15.0 Å². The summed E-state index contributed by atoms with van der Waals surface area (Å²) in [5, 5.41) is 10.7. The standard InChI is InChI=1S/C21H21ClN4O3/c1-28-18-7-2-12(8-13(18)11-27)17-6-5-16-19(23-17)24-21(22)25-20(16)26-9-14-3-4-15(10-26)29-14/h2,5-8,14-15,27H,3-4,9-11H2,1H3. The lowest BCUT2D eigenvalue weighted by Gasteiger charge is -2.33. The van der Waals surface area contributed by atoms with E-state index in [0.29, 0.717) is 17.0 Å². The number of hydrogen-bond acceptors (Lipinski definition) is 7. The van der Waals surface area contributed by atoms with Crippen LogP contribution in [-0.4, -0.2) is 52.5 Å². The van der Waals surface area contributed by atoms with E-state index in [4.69, 9.17) is 26.1 Å². The van der Waals surface area contributed by atoms with Gasteiger partial charge in [0.05, 0.1) is 37.0 Å². The number of benzene rings is 1. The molecule has 7 nitrogen and oxygen atoms in total. The molecule has 0 aliphatic carbocycles. The molecule has 29 heavy (non-hydrogen) atoms. The molecule has 1 N–H and O–H groups in total. The second-order valence-electron chi connectivity index (χ2n) is 7.43. The van der Waals surface area contributed by atoms with E-state index >= 15 is 0 Å². The van der Waals surface area contributed by atoms with E-state index in [1.165, 1.54) is 0 Å². The Morgan fingerprint density at radius 2 is 1.93 bits per heavy atom. The van der Waals surface area contributed by atoms with Crippen molar-refractivity contribution in [3.05, 3.63) is 41.2 Å². The molecule has 150 valence electrons. The molecule has 2 aromatic heterocycles. The van der Waals surface area contributed by atoms with E-state index in [1.807, 2.05) is 30.3 Å². The highest BCUT2D eigenvalue weighted by atomic mass is 35.5. The van der Waals surface area contributed by atoms with Crippen LogP contribution in [0.1, 0.15) is 18.4 Å². The molecule has 0 amide bonds. The minimum atomic E-state index is -0.109. The zero-order chi connectivity index (χ0) is 20.0. The van der Waals surface area contributed by atoms with Gasteiger partial charge < -0.3 is 19.5 Å². The molecule has 2 unspecified atom stereocenters. The van der Waals surface area contributed by atoms with Gasteiger partial charge in [-0.2, -0.15) is 9.97 Å². The Morgan fingerprint density at radius 1 is 1.14 bits per heavy atom. The van der Waals surface area contributed by atoms with Crippen LogP contribution < -0.4 is 9.64 Å². The maximum atomic E-state index is 9.60. The van der Waals surface area contributed by atoms with Gasteiger partial charge in [-0.15, -0.1) is 0 Å².